The Hall–Kier alpha value is -0.960. The first-order valence-corrected chi connectivity index (χ1v) is 6.82. The van der Waals surface area contributed by atoms with Crippen molar-refractivity contribution in [1.29, 1.82) is 0 Å². The van der Waals surface area contributed by atoms with Crippen molar-refractivity contribution in [3.05, 3.63) is 17.3 Å². The van der Waals surface area contributed by atoms with Gasteiger partial charge in [-0.1, -0.05) is 32.4 Å². The normalized spacial score (nSPS) is 26.9. The Morgan fingerprint density at radius 1 is 1.39 bits per heavy atom. The van der Waals surface area contributed by atoms with Gasteiger partial charge in [0.25, 0.3) is 0 Å². The van der Waals surface area contributed by atoms with Crippen molar-refractivity contribution in [2.45, 2.75) is 46.1 Å². The highest BCUT2D eigenvalue weighted by Gasteiger charge is 2.33. The van der Waals surface area contributed by atoms with Crippen LogP contribution in [-0.2, 0) is 0 Å². The maximum Gasteiger partial charge on any atom is 0.238 e. The van der Waals surface area contributed by atoms with Gasteiger partial charge in [0.2, 0.25) is 5.88 Å². The highest BCUT2D eigenvalue weighted by molar-refractivity contribution is 6.29. The second kappa shape index (κ2) is 4.96. The molecule has 0 bridgehead atoms. The average molecular weight is 269 g/mol. The molecule has 2 rings (SSSR count). The minimum Gasteiger partial charge on any atom is -0.473 e. The van der Waals surface area contributed by atoms with Gasteiger partial charge in [0, 0.05) is 0 Å². The zero-order valence-electron chi connectivity index (χ0n) is 11.2. The summed E-state index contributed by atoms with van der Waals surface area (Å²) in [5.74, 6) is 1.14. The summed E-state index contributed by atoms with van der Waals surface area (Å²) in [4.78, 5) is 4.16. The van der Waals surface area contributed by atoms with Gasteiger partial charge in [0.05, 0.1) is 5.69 Å². The van der Waals surface area contributed by atoms with Gasteiger partial charge in [0.15, 0.2) is 0 Å². The third kappa shape index (κ3) is 3.29. The number of anilines is 1. The van der Waals surface area contributed by atoms with Crippen molar-refractivity contribution in [2.75, 3.05) is 5.73 Å². The number of hydrogen-bond donors (Lipinski definition) is 1. The van der Waals surface area contributed by atoms with E-state index in [1.165, 1.54) is 6.42 Å². The SMILES string of the molecule is CC1CC(Oc2nc(Cl)ccc2N)CC(C)(C)C1. The molecule has 0 aliphatic heterocycles. The van der Waals surface area contributed by atoms with E-state index >= 15 is 0 Å². The predicted octanol–water partition coefficient (Wildman–Crippen LogP) is 3.91. The van der Waals surface area contributed by atoms with Crippen LogP contribution in [0.3, 0.4) is 0 Å². The number of halogens is 1. The molecule has 0 saturated heterocycles. The second-order valence-electron chi connectivity index (χ2n) is 6.18. The first-order valence-electron chi connectivity index (χ1n) is 6.44. The Labute approximate surface area is 114 Å². The largest absolute Gasteiger partial charge is 0.473 e. The van der Waals surface area contributed by atoms with E-state index in [4.69, 9.17) is 22.1 Å². The van der Waals surface area contributed by atoms with E-state index in [2.05, 4.69) is 25.8 Å². The minimum atomic E-state index is 0.178. The number of nitrogens with two attached hydrogens (primary N) is 1. The average Bonchev–Trinajstić information content (AvgIpc) is 2.20. The Balaban J connectivity index is 2.11. The van der Waals surface area contributed by atoms with E-state index < -0.39 is 0 Å². The van der Waals surface area contributed by atoms with Crippen molar-refractivity contribution >= 4 is 17.3 Å². The number of pyridine rings is 1. The molecule has 2 unspecified atom stereocenters. The molecule has 1 aliphatic carbocycles. The molecule has 1 aliphatic rings. The van der Waals surface area contributed by atoms with Crippen LogP contribution in [0.25, 0.3) is 0 Å². The monoisotopic (exact) mass is 268 g/mol. The Kier molecular flexibility index (Phi) is 3.71. The quantitative estimate of drug-likeness (QED) is 0.828. The number of ether oxygens (including phenoxy) is 1. The summed E-state index contributed by atoms with van der Waals surface area (Å²) in [7, 11) is 0. The number of rotatable bonds is 2. The van der Waals surface area contributed by atoms with E-state index in [1.54, 1.807) is 12.1 Å². The van der Waals surface area contributed by atoms with Gasteiger partial charge in [0.1, 0.15) is 11.3 Å². The molecule has 18 heavy (non-hydrogen) atoms. The fourth-order valence-corrected chi connectivity index (χ4v) is 3.17. The fraction of sp³-hybridized carbons (Fsp3) is 0.643. The van der Waals surface area contributed by atoms with E-state index in [0.717, 1.165) is 12.8 Å². The maximum absolute atomic E-state index is 5.95. The summed E-state index contributed by atoms with van der Waals surface area (Å²) in [5.41, 5.74) is 6.73. The topological polar surface area (TPSA) is 48.1 Å². The molecular weight excluding hydrogens is 248 g/mol. The van der Waals surface area contributed by atoms with Crippen LogP contribution in [0.5, 0.6) is 5.88 Å². The lowest BCUT2D eigenvalue weighted by Gasteiger charge is -2.38. The molecule has 2 atom stereocenters. The van der Waals surface area contributed by atoms with E-state index in [0.29, 0.717) is 28.1 Å². The molecule has 100 valence electrons. The van der Waals surface area contributed by atoms with Crippen LogP contribution in [-0.4, -0.2) is 11.1 Å². The molecule has 2 N–H and O–H groups in total. The van der Waals surface area contributed by atoms with Gasteiger partial charge in [-0.05, 0) is 42.7 Å². The highest BCUT2D eigenvalue weighted by atomic mass is 35.5. The molecular formula is C14H21ClN2O. The van der Waals surface area contributed by atoms with E-state index in [1.807, 2.05) is 0 Å². The third-order valence-electron chi connectivity index (χ3n) is 3.48. The number of aromatic nitrogens is 1. The molecule has 1 aromatic heterocycles. The Bertz CT molecular complexity index is 434. The number of nitrogens with zero attached hydrogens (tertiary/aromatic N) is 1. The van der Waals surface area contributed by atoms with Crippen molar-refractivity contribution in [3.63, 3.8) is 0 Å². The first kappa shape index (κ1) is 13.5. The molecule has 0 spiro atoms. The molecule has 0 aromatic carbocycles. The van der Waals surface area contributed by atoms with Crippen molar-refractivity contribution < 1.29 is 4.74 Å². The number of nitrogen functional groups attached to an aromatic ring is 1. The van der Waals surface area contributed by atoms with Crippen LogP contribution < -0.4 is 10.5 Å². The van der Waals surface area contributed by atoms with Crippen LogP contribution in [0, 0.1) is 11.3 Å². The summed E-state index contributed by atoms with van der Waals surface area (Å²) < 4.78 is 5.95. The molecule has 1 heterocycles. The van der Waals surface area contributed by atoms with Gasteiger partial charge < -0.3 is 10.5 Å². The molecule has 1 fully saturated rings. The summed E-state index contributed by atoms with van der Waals surface area (Å²) in [5, 5.41) is 0.419. The highest BCUT2D eigenvalue weighted by Crippen LogP contribution is 2.40. The van der Waals surface area contributed by atoms with Crippen molar-refractivity contribution in [2.24, 2.45) is 11.3 Å². The lowest BCUT2D eigenvalue weighted by molar-refractivity contribution is 0.0538. The van der Waals surface area contributed by atoms with Gasteiger partial charge >= 0.3 is 0 Å². The van der Waals surface area contributed by atoms with E-state index in [-0.39, 0.29) is 6.10 Å². The summed E-state index contributed by atoms with van der Waals surface area (Å²) in [6, 6.07) is 3.42. The predicted molar refractivity (Wildman–Crippen MR) is 74.9 cm³/mol. The molecule has 0 amide bonds. The minimum absolute atomic E-state index is 0.178. The summed E-state index contributed by atoms with van der Waals surface area (Å²) in [6.45, 7) is 6.84. The summed E-state index contributed by atoms with van der Waals surface area (Å²) in [6.07, 6.45) is 3.50. The smallest absolute Gasteiger partial charge is 0.238 e. The first-order chi connectivity index (χ1) is 8.35. The van der Waals surface area contributed by atoms with Crippen LogP contribution in [0.15, 0.2) is 12.1 Å². The Morgan fingerprint density at radius 2 is 2.11 bits per heavy atom. The van der Waals surface area contributed by atoms with Crippen LogP contribution in [0.4, 0.5) is 5.69 Å². The van der Waals surface area contributed by atoms with Crippen molar-refractivity contribution in [1.82, 2.24) is 4.98 Å². The molecule has 0 radical (unpaired) electrons. The molecule has 1 saturated carbocycles. The van der Waals surface area contributed by atoms with Gasteiger partial charge in [-0.2, -0.15) is 4.98 Å². The Morgan fingerprint density at radius 3 is 2.78 bits per heavy atom. The van der Waals surface area contributed by atoms with Gasteiger partial charge in [-0.3, -0.25) is 0 Å². The third-order valence-corrected chi connectivity index (χ3v) is 3.69. The molecule has 1 aromatic rings. The lowest BCUT2D eigenvalue weighted by Crippen LogP contribution is -2.34. The summed E-state index contributed by atoms with van der Waals surface area (Å²) >= 11 is 5.87. The van der Waals surface area contributed by atoms with E-state index in [9.17, 15) is 0 Å². The van der Waals surface area contributed by atoms with Crippen molar-refractivity contribution in [3.8, 4) is 5.88 Å². The second-order valence-corrected chi connectivity index (χ2v) is 6.57. The zero-order chi connectivity index (χ0) is 13.3. The standard InChI is InChI=1S/C14H21ClN2O/c1-9-6-10(8-14(2,3)7-9)18-13-11(16)4-5-12(15)17-13/h4-5,9-10H,6-8,16H2,1-3H3. The van der Waals surface area contributed by atoms with Gasteiger partial charge in [-0.25, -0.2) is 0 Å². The lowest BCUT2D eigenvalue weighted by atomic mass is 9.71. The van der Waals surface area contributed by atoms with Crippen LogP contribution in [0.1, 0.15) is 40.0 Å². The molecule has 3 nitrogen and oxygen atoms in total. The fourth-order valence-electron chi connectivity index (χ4n) is 3.03. The number of hydrogen-bond acceptors (Lipinski definition) is 3. The van der Waals surface area contributed by atoms with Crippen LogP contribution >= 0.6 is 11.6 Å². The molecule has 4 heteroatoms. The van der Waals surface area contributed by atoms with Crippen LogP contribution in [0.2, 0.25) is 5.15 Å². The zero-order valence-corrected chi connectivity index (χ0v) is 12.0. The maximum atomic E-state index is 5.95. The van der Waals surface area contributed by atoms with Gasteiger partial charge in [-0.15, -0.1) is 0 Å².